The van der Waals surface area contributed by atoms with Crippen molar-refractivity contribution >= 4 is 0 Å². The van der Waals surface area contributed by atoms with Gasteiger partial charge in [-0.3, -0.25) is 0 Å². The Morgan fingerprint density at radius 3 is 1.48 bits per heavy atom. The zero-order chi connectivity index (χ0) is 18.5. The molecular formula is C24H42O. The van der Waals surface area contributed by atoms with E-state index in [0.717, 1.165) is 11.1 Å². The average molecular weight is 347 g/mol. The lowest BCUT2D eigenvalue weighted by Gasteiger charge is -2.19. The number of unbranched alkanes of at least 4 members (excludes halogenated alkanes) is 8. The lowest BCUT2D eigenvalue weighted by molar-refractivity contribution is 0.442. The second-order valence-corrected chi connectivity index (χ2v) is 7.99. The average Bonchev–Trinajstić information content (AvgIpc) is 2.61. The Balaban J connectivity index is 2.52. The number of para-hydroxylation sites is 1. The van der Waals surface area contributed by atoms with E-state index in [0.29, 0.717) is 17.6 Å². The second-order valence-electron chi connectivity index (χ2n) is 7.99. The first-order valence-corrected chi connectivity index (χ1v) is 10.9. The van der Waals surface area contributed by atoms with Crippen LogP contribution in [0.15, 0.2) is 18.2 Å². The quantitative estimate of drug-likeness (QED) is 0.336. The summed E-state index contributed by atoms with van der Waals surface area (Å²) in [5, 5.41) is 10.8. The molecule has 0 fully saturated rings. The highest BCUT2D eigenvalue weighted by Gasteiger charge is 2.16. The van der Waals surface area contributed by atoms with Gasteiger partial charge in [-0.2, -0.15) is 0 Å². The second kappa shape index (κ2) is 13.3. The molecule has 1 aromatic carbocycles. The molecule has 2 unspecified atom stereocenters. The minimum atomic E-state index is 0.457. The molecule has 1 rings (SSSR count). The van der Waals surface area contributed by atoms with Gasteiger partial charge < -0.3 is 5.11 Å². The van der Waals surface area contributed by atoms with Crippen LogP contribution in [0.1, 0.15) is 128 Å². The van der Waals surface area contributed by atoms with Gasteiger partial charge in [-0.25, -0.2) is 0 Å². The summed E-state index contributed by atoms with van der Waals surface area (Å²) >= 11 is 0. The van der Waals surface area contributed by atoms with E-state index in [1.807, 2.05) is 0 Å². The summed E-state index contributed by atoms with van der Waals surface area (Å²) in [5.74, 6) is 1.49. The molecule has 0 spiro atoms. The SMILES string of the molecule is CCCCCCCC(C)c1cccc(C(C)CCCCCCC)c1O. The van der Waals surface area contributed by atoms with Crippen LogP contribution in [0.25, 0.3) is 0 Å². The number of benzene rings is 1. The highest BCUT2D eigenvalue weighted by Crippen LogP contribution is 2.37. The molecule has 0 saturated carbocycles. The van der Waals surface area contributed by atoms with Crippen molar-refractivity contribution in [1.82, 2.24) is 0 Å². The van der Waals surface area contributed by atoms with Gasteiger partial charge in [0.25, 0.3) is 0 Å². The third-order valence-corrected chi connectivity index (χ3v) is 5.64. The van der Waals surface area contributed by atoms with Crippen LogP contribution in [0.5, 0.6) is 5.75 Å². The first-order chi connectivity index (χ1) is 12.1. The van der Waals surface area contributed by atoms with Gasteiger partial charge >= 0.3 is 0 Å². The summed E-state index contributed by atoms with van der Waals surface area (Å²) in [6.45, 7) is 9.07. The van der Waals surface area contributed by atoms with Crippen LogP contribution in [-0.4, -0.2) is 5.11 Å². The number of phenols is 1. The number of aromatic hydroxyl groups is 1. The minimum absolute atomic E-state index is 0.457. The molecule has 0 aliphatic heterocycles. The Labute approximate surface area is 157 Å². The fourth-order valence-corrected chi connectivity index (χ4v) is 3.79. The first-order valence-electron chi connectivity index (χ1n) is 10.9. The van der Waals surface area contributed by atoms with Gasteiger partial charge in [-0.15, -0.1) is 0 Å². The molecule has 0 radical (unpaired) electrons. The van der Waals surface area contributed by atoms with Gasteiger partial charge in [-0.05, 0) is 35.8 Å². The molecule has 0 aliphatic rings. The molecule has 1 nitrogen and oxygen atoms in total. The van der Waals surface area contributed by atoms with Crippen LogP contribution in [0.3, 0.4) is 0 Å². The van der Waals surface area contributed by atoms with Crippen LogP contribution >= 0.6 is 0 Å². The van der Waals surface area contributed by atoms with E-state index in [2.05, 4.69) is 45.9 Å². The Bertz CT molecular complexity index is 413. The summed E-state index contributed by atoms with van der Waals surface area (Å²) < 4.78 is 0. The summed E-state index contributed by atoms with van der Waals surface area (Å²) in [6, 6.07) is 6.40. The number of hydrogen-bond acceptors (Lipinski definition) is 1. The van der Waals surface area contributed by atoms with Crippen LogP contribution in [-0.2, 0) is 0 Å². The predicted molar refractivity (Wildman–Crippen MR) is 112 cm³/mol. The highest BCUT2D eigenvalue weighted by molar-refractivity contribution is 5.44. The van der Waals surface area contributed by atoms with Crippen molar-refractivity contribution in [2.24, 2.45) is 0 Å². The van der Waals surface area contributed by atoms with Crippen molar-refractivity contribution in [3.8, 4) is 5.75 Å². The highest BCUT2D eigenvalue weighted by atomic mass is 16.3. The zero-order valence-electron chi connectivity index (χ0n) is 17.3. The van der Waals surface area contributed by atoms with Gasteiger partial charge in [0.05, 0.1) is 0 Å². The third kappa shape index (κ3) is 8.29. The van der Waals surface area contributed by atoms with Gasteiger partial charge in [0.15, 0.2) is 0 Å². The molecule has 0 bridgehead atoms. The van der Waals surface area contributed by atoms with Crippen molar-refractivity contribution < 1.29 is 5.11 Å². The number of rotatable bonds is 14. The molecule has 144 valence electrons. The zero-order valence-corrected chi connectivity index (χ0v) is 17.3. The Hall–Kier alpha value is -0.980. The van der Waals surface area contributed by atoms with E-state index in [1.165, 1.54) is 77.0 Å². The van der Waals surface area contributed by atoms with Crippen LogP contribution in [0.4, 0.5) is 0 Å². The topological polar surface area (TPSA) is 20.2 Å². The smallest absolute Gasteiger partial charge is 0.122 e. The molecule has 1 aromatic rings. The van der Waals surface area contributed by atoms with Gasteiger partial charge in [0.1, 0.15) is 5.75 Å². The molecule has 25 heavy (non-hydrogen) atoms. The minimum Gasteiger partial charge on any atom is -0.507 e. The fourth-order valence-electron chi connectivity index (χ4n) is 3.79. The number of phenolic OH excluding ortho intramolecular Hbond substituents is 1. The first kappa shape index (κ1) is 22.1. The molecule has 1 heteroatoms. The van der Waals surface area contributed by atoms with Crippen LogP contribution in [0.2, 0.25) is 0 Å². The van der Waals surface area contributed by atoms with Gasteiger partial charge in [0, 0.05) is 0 Å². The Morgan fingerprint density at radius 2 is 1.08 bits per heavy atom. The lowest BCUT2D eigenvalue weighted by atomic mass is 9.88. The largest absolute Gasteiger partial charge is 0.507 e. The van der Waals surface area contributed by atoms with Crippen molar-refractivity contribution in [3.05, 3.63) is 29.3 Å². The molecule has 0 aliphatic carbocycles. The Morgan fingerprint density at radius 1 is 0.680 bits per heavy atom. The summed E-state index contributed by atoms with van der Waals surface area (Å²) in [7, 11) is 0. The predicted octanol–water partition coefficient (Wildman–Crippen LogP) is 8.32. The maximum Gasteiger partial charge on any atom is 0.122 e. The molecule has 0 amide bonds. The normalized spacial score (nSPS) is 13.8. The summed E-state index contributed by atoms with van der Waals surface area (Å²) in [4.78, 5) is 0. The summed E-state index contributed by atoms with van der Waals surface area (Å²) in [5.41, 5.74) is 2.32. The fraction of sp³-hybridized carbons (Fsp3) is 0.750. The van der Waals surface area contributed by atoms with Gasteiger partial charge in [-0.1, -0.05) is 110 Å². The molecule has 0 heterocycles. The Kier molecular flexibility index (Phi) is 11.7. The van der Waals surface area contributed by atoms with E-state index < -0.39 is 0 Å². The molecule has 0 aromatic heterocycles. The number of hydrogen-bond donors (Lipinski definition) is 1. The van der Waals surface area contributed by atoms with E-state index in [4.69, 9.17) is 0 Å². The molecule has 1 N–H and O–H groups in total. The maximum absolute atomic E-state index is 10.8. The van der Waals surface area contributed by atoms with E-state index >= 15 is 0 Å². The third-order valence-electron chi connectivity index (χ3n) is 5.64. The summed E-state index contributed by atoms with van der Waals surface area (Å²) in [6.07, 6.45) is 15.6. The lowest BCUT2D eigenvalue weighted by Crippen LogP contribution is -2.00. The standard InChI is InChI=1S/C24H42O/c1-5-7-9-11-13-16-20(3)22-18-15-19-23(24(22)25)21(4)17-14-12-10-8-6-2/h15,18-21,25H,5-14,16-17H2,1-4H3. The van der Waals surface area contributed by atoms with Crippen molar-refractivity contribution in [1.29, 1.82) is 0 Å². The molecule has 0 saturated heterocycles. The van der Waals surface area contributed by atoms with Crippen LogP contribution < -0.4 is 0 Å². The van der Waals surface area contributed by atoms with Crippen molar-refractivity contribution in [2.75, 3.05) is 0 Å². The molecular weight excluding hydrogens is 304 g/mol. The maximum atomic E-state index is 10.8. The van der Waals surface area contributed by atoms with E-state index in [1.54, 1.807) is 0 Å². The van der Waals surface area contributed by atoms with Crippen molar-refractivity contribution in [3.63, 3.8) is 0 Å². The van der Waals surface area contributed by atoms with Crippen LogP contribution in [0, 0.1) is 0 Å². The van der Waals surface area contributed by atoms with Gasteiger partial charge in [0.2, 0.25) is 0 Å². The molecule has 2 atom stereocenters. The van der Waals surface area contributed by atoms with Crippen molar-refractivity contribution in [2.45, 2.75) is 117 Å². The van der Waals surface area contributed by atoms with E-state index in [9.17, 15) is 5.11 Å². The van der Waals surface area contributed by atoms with E-state index in [-0.39, 0.29) is 0 Å². The monoisotopic (exact) mass is 346 g/mol.